The Morgan fingerprint density at radius 2 is 1.66 bits per heavy atom. The number of carbonyl (C=O) groups is 4. The Bertz CT molecular complexity index is 1260. The average molecular weight is 595 g/mol. The van der Waals surface area contributed by atoms with Crippen molar-refractivity contribution in [3.05, 3.63) is 65.7 Å². The van der Waals surface area contributed by atoms with E-state index in [-0.39, 0.29) is 24.8 Å². The summed E-state index contributed by atoms with van der Waals surface area (Å²) in [4.78, 5) is 51.6. The Labute approximate surface area is 240 Å². The topological polar surface area (TPSA) is 113 Å². The normalized spacial score (nSPS) is 24.4. The number of halogens is 3. The number of carboxylic acid groups (broad SMARTS) is 1. The minimum atomic E-state index is -5.08. The van der Waals surface area contributed by atoms with Gasteiger partial charge in [0.1, 0.15) is 5.54 Å². The van der Waals surface area contributed by atoms with Crippen molar-refractivity contribution in [3.63, 3.8) is 0 Å². The first kappa shape index (κ1) is 32.1. The van der Waals surface area contributed by atoms with Crippen LogP contribution in [0.1, 0.15) is 44.4 Å². The Morgan fingerprint density at radius 3 is 2.15 bits per heavy atom. The maximum Gasteiger partial charge on any atom is 0.490 e. The molecule has 4 unspecified atom stereocenters. The number of aliphatic carboxylic acids is 1. The van der Waals surface area contributed by atoms with E-state index in [0.29, 0.717) is 5.25 Å². The SMILES string of the molecule is CCC(C)Sc1ccc(C2N[C@@](Cc3ccccc3)(C(=O)OC)C3C(=O)N(CC)C(=O)C23)cc1.O=C(O)C(F)(F)F. The van der Waals surface area contributed by atoms with Gasteiger partial charge in [-0.05, 0) is 36.6 Å². The van der Waals surface area contributed by atoms with Gasteiger partial charge in [-0.2, -0.15) is 13.2 Å². The number of ether oxygens (including phenoxy) is 1. The number of carboxylic acids is 1. The van der Waals surface area contributed by atoms with Crippen LogP contribution >= 0.6 is 11.8 Å². The van der Waals surface area contributed by atoms with E-state index in [9.17, 15) is 27.6 Å². The van der Waals surface area contributed by atoms with Crippen molar-refractivity contribution in [1.29, 1.82) is 0 Å². The van der Waals surface area contributed by atoms with E-state index in [1.807, 2.05) is 42.5 Å². The fourth-order valence-electron chi connectivity index (χ4n) is 5.25. The van der Waals surface area contributed by atoms with E-state index in [0.717, 1.165) is 22.4 Å². The summed E-state index contributed by atoms with van der Waals surface area (Å²) in [5.74, 6) is -5.30. The summed E-state index contributed by atoms with van der Waals surface area (Å²) in [6, 6.07) is 17.2. The van der Waals surface area contributed by atoms with Crippen molar-refractivity contribution in [2.45, 2.75) is 61.5 Å². The van der Waals surface area contributed by atoms with Crippen LogP contribution in [-0.4, -0.2) is 64.4 Å². The first-order valence-electron chi connectivity index (χ1n) is 13.1. The monoisotopic (exact) mass is 594 g/mol. The third-order valence-corrected chi connectivity index (χ3v) is 8.61. The van der Waals surface area contributed by atoms with Gasteiger partial charge in [0.05, 0.1) is 18.9 Å². The molecule has 5 atom stereocenters. The minimum Gasteiger partial charge on any atom is -0.475 e. The Kier molecular flexibility index (Phi) is 10.2. The van der Waals surface area contributed by atoms with Crippen molar-refractivity contribution in [1.82, 2.24) is 10.2 Å². The molecule has 0 spiro atoms. The third kappa shape index (κ3) is 6.75. The summed E-state index contributed by atoms with van der Waals surface area (Å²) < 4.78 is 37.0. The number of nitrogens with zero attached hydrogens (tertiary/aromatic N) is 1. The zero-order valence-electron chi connectivity index (χ0n) is 23.1. The molecule has 8 nitrogen and oxygen atoms in total. The zero-order chi connectivity index (χ0) is 30.5. The number of nitrogens with one attached hydrogen (secondary N) is 1. The number of benzene rings is 2. The average Bonchev–Trinajstić information content (AvgIpc) is 3.41. The quantitative estimate of drug-likeness (QED) is 0.259. The second kappa shape index (κ2) is 13.1. The highest BCUT2D eigenvalue weighted by atomic mass is 32.2. The lowest BCUT2D eigenvalue weighted by Crippen LogP contribution is -2.57. The van der Waals surface area contributed by atoms with E-state index in [2.05, 4.69) is 31.3 Å². The van der Waals surface area contributed by atoms with Gasteiger partial charge < -0.3 is 9.84 Å². The van der Waals surface area contributed by atoms with Gasteiger partial charge in [0.2, 0.25) is 11.8 Å². The molecular formula is C29H33F3N2O6S. The molecule has 222 valence electrons. The summed E-state index contributed by atoms with van der Waals surface area (Å²) in [7, 11) is 1.33. The molecular weight excluding hydrogens is 561 g/mol. The summed E-state index contributed by atoms with van der Waals surface area (Å²) >= 11 is 1.81. The van der Waals surface area contributed by atoms with Crippen LogP contribution in [0.3, 0.4) is 0 Å². The van der Waals surface area contributed by atoms with Crippen LogP contribution in [0.5, 0.6) is 0 Å². The molecule has 12 heteroatoms. The van der Waals surface area contributed by atoms with Gasteiger partial charge in [0.15, 0.2) is 0 Å². The molecule has 2 aromatic rings. The lowest BCUT2D eigenvalue weighted by Gasteiger charge is -2.32. The standard InChI is InChI=1S/C27H32N2O4S.C2HF3O2/c1-5-17(3)34-20-14-12-19(13-15-20)23-21-22(25(31)29(6-2)24(21)30)27(28-23,26(32)33-4)16-18-10-8-7-9-11-18;3-2(4,5)1(6)7/h7-15,17,21-23,28H,5-6,16H2,1-4H3;(H,6,7)/t17?,21?,22?,23?,27-;/m1./s1. The number of carbonyl (C=O) groups excluding carboxylic acids is 3. The first-order valence-corrected chi connectivity index (χ1v) is 14.0. The Balaban J connectivity index is 0.000000587. The van der Waals surface area contributed by atoms with E-state index in [1.54, 1.807) is 18.7 Å². The van der Waals surface area contributed by atoms with Crippen molar-refractivity contribution < 1.29 is 42.2 Å². The minimum absolute atomic E-state index is 0.230. The van der Waals surface area contributed by atoms with Gasteiger partial charge in [0, 0.05) is 29.2 Å². The highest BCUT2D eigenvalue weighted by molar-refractivity contribution is 7.99. The first-order chi connectivity index (χ1) is 19.3. The van der Waals surface area contributed by atoms with Crippen molar-refractivity contribution in [3.8, 4) is 0 Å². The molecule has 2 saturated heterocycles. The van der Waals surface area contributed by atoms with Gasteiger partial charge in [-0.1, -0.05) is 56.3 Å². The van der Waals surface area contributed by atoms with Crippen molar-refractivity contribution in [2.24, 2.45) is 11.8 Å². The van der Waals surface area contributed by atoms with Gasteiger partial charge in [0.25, 0.3) is 0 Å². The predicted octanol–water partition coefficient (Wildman–Crippen LogP) is 4.63. The summed E-state index contributed by atoms with van der Waals surface area (Å²) in [6.45, 7) is 6.43. The van der Waals surface area contributed by atoms with Gasteiger partial charge >= 0.3 is 18.1 Å². The van der Waals surface area contributed by atoms with Crippen LogP contribution in [0.4, 0.5) is 13.2 Å². The number of rotatable bonds is 8. The maximum atomic E-state index is 13.5. The second-order valence-electron chi connectivity index (χ2n) is 9.88. The highest BCUT2D eigenvalue weighted by Gasteiger charge is 2.68. The van der Waals surface area contributed by atoms with Crippen molar-refractivity contribution >= 4 is 35.5 Å². The number of methoxy groups -OCH3 is 1. The lowest BCUT2D eigenvalue weighted by molar-refractivity contribution is -0.192. The number of fused-ring (bicyclic) bond motifs is 1. The van der Waals surface area contributed by atoms with Gasteiger partial charge in [-0.15, -0.1) is 11.8 Å². The molecule has 2 amide bonds. The van der Waals surface area contributed by atoms with E-state index in [4.69, 9.17) is 14.6 Å². The number of likely N-dealkylation sites (tertiary alicyclic amines) is 1. The van der Waals surface area contributed by atoms with Crippen LogP contribution in [0.2, 0.25) is 0 Å². The van der Waals surface area contributed by atoms with Crippen LogP contribution in [0.15, 0.2) is 59.5 Å². The number of amides is 2. The fraction of sp³-hybridized carbons (Fsp3) is 0.448. The molecule has 0 saturated carbocycles. The molecule has 2 N–H and O–H groups in total. The van der Waals surface area contributed by atoms with Gasteiger partial charge in [-0.3, -0.25) is 24.6 Å². The molecule has 0 aromatic heterocycles. The van der Waals surface area contributed by atoms with Gasteiger partial charge in [-0.25, -0.2) is 4.79 Å². The van der Waals surface area contributed by atoms with Crippen molar-refractivity contribution in [2.75, 3.05) is 13.7 Å². The van der Waals surface area contributed by atoms with Crippen LogP contribution < -0.4 is 5.32 Å². The van der Waals surface area contributed by atoms with Crippen LogP contribution in [0, 0.1) is 11.8 Å². The van der Waals surface area contributed by atoms with E-state index in [1.165, 1.54) is 12.0 Å². The number of imide groups is 1. The Morgan fingerprint density at radius 1 is 1.07 bits per heavy atom. The molecule has 0 radical (unpaired) electrons. The number of hydrogen-bond acceptors (Lipinski definition) is 7. The number of alkyl halides is 3. The van der Waals surface area contributed by atoms with E-state index < -0.39 is 41.5 Å². The Hall–Kier alpha value is -3.38. The van der Waals surface area contributed by atoms with Crippen LogP contribution in [-0.2, 0) is 30.3 Å². The summed E-state index contributed by atoms with van der Waals surface area (Å²) in [5.41, 5.74) is 0.462. The molecule has 4 rings (SSSR count). The molecule has 2 heterocycles. The molecule has 2 aliphatic rings. The highest BCUT2D eigenvalue weighted by Crippen LogP contribution is 2.50. The summed E-state index contributed by atoms with van der Waals surface area (Å²) in [5, 5.41) is 11.1. The largest absolute Gasteiger partial charge is 0.490 e. The second-order valence-corrected chi connectivity index (χ2v) is 11.4. The number of hydrogen-bond donors (Lipinski definition) is 2. The zero-order valence-corrected chi connectivity index (χ0v) is 23.9. The molecule has 2 fully saturated rings. The number of esters is 1. The molecule has 41 heavy (non-hydrogen) atoms. The summed E-state index contributed by atoms with van der Waals surface area (Å²) in [6.07, 6.45) is -3.75. The smallest absolute Gasteiger partial charge is 0.475 e. The third-order valence-electron chi connectivity index (χ3n) is 7.33. The fourth-order valence-corrected chi connectivity index (χ4v) is 6.18. The molecule has 2 aromatic carbocycles. The molecule has 0 aliphatic carbocycles. The molecule has 0 bridgehead atoms. The lowest BCUT2D eigenvalue weighted by atomic mass is 9.76. The number of thioether (sulfide) groups is 1. The maximum absolute atomic E-state index is 13.5. The molecule has 2 aliphatic heterocycles. The van der Waals surface area contributed by atoms with E-state index >= 15 is 0 Å². The predicted molar refractivity (Wildman–Crippen MR) is 146 cm³/mol. The van der Waals surface area contributed by atoms with Crippen LogP contribution in [0.25, 0.3) is 0 Å².